The molecule has 1 atom stereocenters. The SMILES string of the molecule is CC(SCc1ccccc1)C(=O)NCC(C)(C)N. The van der Waals surface area contributed by atoms with Crippen LogP contribution in [0.15, 0.2) is 30.3 Å². The fraction of sp³-hybridized carbons (Fsp3) is 0.500. The zero-order valence-corrected chi connectivity index (χ0v) is 12.1. The van der Waals surface area contributed by atoms with Gasteiger partial charge in [0.2, 0.25) is 5.91 Å². The minimum absolute atomic E-state index is 0.0504. The number of hydrogen-bond donors (Lipinski definition) is 2. The molecule has 3 nitrogen and oxygen atoms in total. The molecule has 4 heteroatoms. The Balaban J connectivity index is 2.32. The molecule has 1 rings (SSSR count). The predicted molar refractivity (Wildman–Crippen MR) is 78.5 cm³/mol. The molecule has 1 amide bonds. The number of nitrogens with one attached hydrogen (secondary N) is 1. The van der Waals surface area contributed by atoms with Gasteiger partial charge in [0.25, 0.3) is 0 Å². The van der Waals surface area contributed by atoms with Crippen molar-refractivity contribution in [3.63, 3.8) is 0 Å². The van der Waals surface area contributed by atoms with Gasteiger partial charge in [-0.2, -0.15) is 0 Å². The number of rotatable bonds is 6. The maximum atomic E-state index is 11.8. The summed E-state index contributed by atoms with van der Waals surface area (Å²) in [6.45, 7) is 6.22. The van der Waals surface area contributed by atoms with Crippen molar-refractivity contribution in [2.45, 2.75) is 37.3 Å². The molecule has 0 aliphatic rings. The molecule has 0 heterocycles. The van der Waals surface area contributed by atoms with Crippen molar-refractivity contribution in [1.29, 1.82) is 0 Å². The third-order valence-corrected chi connectivity index (χ3v) is 3.64. The van der Waals surface area contributed by atoms with E-state index in [4.69, 9.17) is 5.73 Å². The Bertz CT molecular complexity index is 373. The largest absolute Gasteiger partial charge is 0.353 e. The first-order valence-electron chi connectivity index (χ1n) is 6.10. The first-order valence-corrected chi connectivity index (χ1v) is 7.15. The molecule has 100 valence electrons. The van der Waals surface area contributed by atoms with Gasteiger partial charge in [-0.3, -0.25) is 4.79 Å². The van der Waals surface area contributed by atoms with Crippen molar-refractivity contribution in [3.05, 3.63) is 35.9 Å². The van der Waals surface area contributed by atoms with Gasteiger partial charge in [0.05, 0.1) is 5.25 Å². The van der Waals surface area contributed by atoms with E-state index in [1.54, 1.807) is 11.8 Å². The molecule has 18 heavy (non-hydrogen) atoms. The van der Waals surface area contributed by atoms with Crippen LogP contribution >= 0.6 is 11.8 Å². The summed E-state index contributed by atoms with van der Waals surface area (Å²) < 4.78 is 0. The van der Waals surface area contributed by atoms with E-state index in [0.717, 1.165) is 5.75 Å². The van der Waals surface area contributed by atoms with Gasteiger partial charge in [0.1, 0.15) is 0 Å². The first-order chi connectivity index (χ1) is 8.38. The molecule has 0 saturated carbocycles. The van der Waals surface area contributed by atoms with Crippen LogP contribution in [0.5, 0.6) is 0 Å². The monoisotopic (exact) mass is 266 g/mol. The average molecular weight is 266 g/mol. The minimum atomic E-state index is -0.362. The molecule has 0 radical (unpaired) electrons. The number of carbonyl (C=O) groups excluding carboxylic acids is 1. The number of amides is 1. The molecule has 0 bridgehead atoms. The second kappa shape index (κ2) is 6.81. The van der Waals surface area contributed by atoms with Crippen molar-refractivity contribution in [2.75, 3.05) is 6.54 Å². The molecular weight excluding hydrogens is 244 g/mol. The minimum Gasteiger partial charge on any atom is -0.353 e. The van der Waals surface area contributed by atoms with Gasteiger partial charge in [-0.1, -0.05) is 30.3 Å². The summed E-state index contributed by atoms with van der Waals surface area (Å²) in [5.74, 6) is 0.899. The van der Waals surface area contributed by atoms with Crippen LogP contribution in [-0.4, -0.2) is 23.2 Å². The van der Waals surface area contributed by atoms with E-state index in [0.29, 0.717) is 6.54 Å². The van der Waals surface area contributed by atoms with Gasteiger partial charge < -0.3 is 11.1 Å². The van der Waals surface area contributed by atoms with Crippen LogP contribution in [-0.2, 0) is 10.5 Å². The zero-order valence-electron chi connectivity index (χ0n) is 11.3. The van der Waals surface area contributed by atoms with E-state index in [2.05, 4.69) is 17.4 Å². The van der Waals surface area contributed by atoms with Gasteiger partial charge in [-0.25, -0.2) is 0 Å². The van der Waals surface area contributed by atoms with Gasteiger partial charge in [0.15, 0.2) is 0 Å². The van der Waals surface area contributed by atoms with Crippen molar-refractivity contribution in [2.24, 2.45) is 5.73 Å². The van der Waals surface area contributed by atoms with Crippen LogP contribution < -0.4 is 11.1 Å². The van der Waals surface area contributed by atoms with Gasteiger partial charge in [0, 0.05) is 17.8 Å². The van der Waals surface area contributed by atoms with Crippen LogP contribution in [0.3, 0.4) is 0 Å². The molecule has 0 spiro atoms. The smallest absolute Gasteiger partial charge is 0.232 e. The van der Waals surface area contributed by atoms with E-state index in [1.165, 1.54) is 5.56 Å². The Kier molecular flexibility index (Phi) is 5.69. The van der Waals surface area contributed by atoms with E-state index in [9.17, 15) is 4.79 Å². The van der Waals surface area contributed by atoms with E-state index < -0.39 is 0 Å². The fourth-order valence-corrected chi connectivity index (χ4v) is 2.20. The Morgan fingerprint density at radius 1 is 1.39 bits per heavy atom. The summed E-state index contributed by atoms with van der Waals surface area (Å²) in [4.78, 5) is 11.8. The number of nitrogens with two attached hydrogens (primary N) is 1. The summed E-state index contributed by atoms with van der Waals surface area (Å²) in [5.41, 5.74) is 6.70. The number of benzene rings is 1. The van der Waals surface area contributed by atoms with Crippen LogP contribution in [0.2, 0.25) is 0 Å². The van der Waals surface area contributed by atoms with Crippen LogP contribution in [0.25, 0.3) is 0 Å². The Labute approximate surface area is 114 Å². The number of hydrogen-bond acceptors (Lipinski definition) is 3. The molecule has 1 aromatic rings. The van der Waals surface area contributed by atoms with Crippen molar-refractivity contribution >= 4 is 17.7 Å². The number of carbonyl (C=O) groups is 1. The van der Waals surface area contributed by atoms with Crippen molar-refractivity contribution < 1.29 is 4.79 Å². The summed E-state index contributed by atoms with van der Waals surface area (Å²) >= 11 is 1.64. The summed E-state index contributed by atoms with van der Waals surface area (Å²) in [6.07, 6.45) is 0. The lowest BCUT2D eigenvalue weighted by atomic mass is 10.1. The third-order valence-electron chi connectivity index (χ3n) is 2.43. The standard InChI is InChI=1S/C14H22N2OS/c1-11(13(17)16-10-14(2,3)15)18-9-12-7-5-4-6-8-12/h4-8,11H,9-10,15H2,1-3H3,(H,16,17). The second-order valence-corrected chi connectivity index (χ2v) is 6.47. The molecule has 0 aromatic heterocycles. The predicted octanol–water partition coefficient (Wildman–Crippen LogP) is 2.16. The summed E-state index contributed by atoms with van der Waals surface area (Å²) in [6, 6.07) is 10.2. The average Bonchev–Trinajstić information content (AvgIpc) is 2.33. The Hall–Kier alpha value is -1.00. The molecule has 0 aliphatic carbocycles. The lowest BCUT2D eigenvalue weighted by Gasteiger charge is -2.20. The van der Waals surface area contributed by atoms with Crippen molar-refractivity contribution in [1.82, 2.24) is 5.32 Å². The normalized spacial score (nSPS) is 13.1. The molecule has 0 fully saturated rings. The maximum absolute atomic E-state index is 11.8. The molecule has 0 saturated heterocycles. The highest BCUT2D eigenvalue weighted by molar-refractivity contribution is 7.99. The second-order valence-electron chi connectivity index (χ2n) is 5.15. The quantitative estimate of drug-likeness (QED) is 0.829. The Morgan fingerprint density at radius 3 is 2.56 bits per heavy atom. The molecule has 1 unspecified atom stereocenters. The highest BCUT2D eigenvalue weighted by atomic mass is 32.2. The lowest BCUT2D eigenvalue weighted by molar-refractivity contribution is -0.120. The lowest BCUT2D eigenvalue weighted by Crippen LogP contribution is -2.46. The van der Waals surface area contributed by atoms with Crippen LogP contribution in [0.4, 0.5) is 0 Å². The molecule has 1 aromatic carbocycles. The summed E-state index contributed by atoms with van der Waals surface area (Å²) in [7, 11) is 0. The molecule has 0 aliphatic heterocycles. The molecule has 3 N–H and O–H groups in total. The third kappa shape index (κ3) is 6.07. The highest BCUT2D eigenvalue weighted by Gasteiger charge is 2.17. The topological polar surface area (TPSA) is 55.1 Å². The fourth-order valence-electron chi connectivity index (χ4n) is 1.33. The van der Waals surface area contributed by atoms with E-state index in [1.807, 2.05) is 39.0 Å². The van der Waals surface area contributed by atoms with Crippen molar-refractivity contribution in [3.8, 4) is 0 Å². The van der Waals surface area contributed by atoms with Gasteiger partial charge in [-0.05, 0) is 26.3 Å². The number of thioether (sulfide) groups is 1. The zero-order chi connectivity index (χ0) is 13.6. The highest BCUT2D eigenvalue weighted by Crippen LogP contribution is 2.17. The van der Waals surface area contributed by atoms with Gasteiger partial charge in [-0.15, -0.1) is 11.8 Å². The van der Waals surface area contributed by atoms with Crippen LogP contribution in [0, 0.1) is 0 Å². The first kappa shape index (κ1) is 15.1. The van der Waals surface area contributed by atoms with E-state index >= 15 is 0 Å². The van der Waals surface area contributed by atoms with Crippen LogP contribution in [0.1, 0.15) is 26.3 Å². The van der Waals surface area contributed by atoms with E-state index in [-0.39, 0.29) is 16.7 Å². The van der Waals surface area contributed by atoms with Gasteiger partial charge >= 0.3 is 0 Å². The Morgan fingerprint density at radius 2 is 2.00 bits per heavy atom. The molecular formula is C14H22N2OS. The summed E-state index contributed by atoms with van der Waals surface area (Å²) in [5, 5.41) is 2.81. The maximum Gasteiger partial charge on any atom is 0.232 e.